The molecule has 1 aromatic heterocycles. The SMILES string of the molecule is CNC(=O)NSCCCNc1ncc[nH]1. The summed E-state index contributed by atoms with van der Waals surface area (Å²) in [5, 5.41) is 5.60. The van der Waals surface area contributed by atoms with Gasteiger partial charge in [0.15, 0.2) is 5.95 Å². The Morgan fingerprint density at radius 3 is 3.20 bits per heavy atom. The van der Waals surface area contributed by atoms with E-state index in [0.717, 1.165) is 24.7 Å². The third-order valence-electron chi connectivity index (χ3n) is 1.61. The van der Waals surface area contributed by atoms with E-state index < -0.39 is 0 Å². The number of hydrogen-bond donors (Lipinski definition) is 4. The highest BCUT2D eigenvalue weighted by molar-refractivity contribution is 7.97. The summed E-state index contributed by atoms with van der Waals surface area (Å²) in [5.74, 6) is 1.64. The van der Waals surface area contributed by atoms with Crippen LogP contribution in [0.25, 0.3) is 0 Å². The first-order valence-corrected chi connectivity index (χ1v) is 5.64. The first-order chi connectivity index (χ1) is 7.33. The van der Waals surface area contributed by atoms with Crippen LogP contribution in [-0.4, -0.2) is 35.3 Å². The summed E-state index contributed by atoms with van der Waals surface area (Å²) >= 11 is 1.39. The zero-order valence-electron chi connectivity index (χ0n) is 8.54. The summed E-state index contributed by atoms with van der Waals surface area (Å²) in [7, 11) is 1.59. The van der Waals surface area contributed by atoms with Crippen molar-refractivity contribution < 1.29 is 4.79 Å². The van der Waals surface area contributed by atoms with Crippen LogP contribution in [0.2, 0.25) is 0 Å². The van der Waals surface area contributed by atoms with Crippen molar-refractivity contribution in [2.45, 2.75) is 6.42 Å². The molecule has 1 aromatic rings. The van der Waals surface area contributed by atoms with Crippen LogP contribution in [0.1, 0.15) is 6.42 Å². The van der Waals surface area contributed by atoms with Gasteiger partial charge in [0.25, 0.3) is 0 Å². The van der Waals surface area contributed by atoms with Gasteiger partial charge in [-0.1, -0.05) is 0 Å². The van der Waals surface area contributed by atoms with Crippen LogP contribution in [0.3, 0.4) is 0 Å². The molecular formula is C8H15N5OS. The second-order valence-corrected chi connectivity index (χ2v) is 3.65. The zero-order valence-corrected chi connectivity index (χ0v) is 9.36. The lowest BCUT2D eigenvalue weighted by Gasteiger charge is -2.04. The molecule has 4 N–H and O–H groups in total. The molecule has 0 atom stereocenters. The summed E-state index contributed by atoms with van der Waals surface area (Å²) in [6, 6.07) is -0.168. The molecule has 0 radical (unpaired) electrons. The smallest absolute Gasteiger partial charge is 0.324 e. The third-order valence-corrected chi connectivity index (χ3v) is 2.43. The van der Waals surface area contributed by atoms with Crippen LogP contribution in [0.15, 0.2) is 12.4 Å². The van der Waals surface area contributed by atoms with Gasteiger partial charge in [-0.15, -0.1) is 0 Å². The molecule has 0 unspecified atom stereocenters. The van der Waals surface area contributed by atoms with E-state index in [1.165, 1.54) is 11.9 Å². The third kappa shape index (κ3) is 5.16. The Labute approximate surface area is 92.8 Å². The maximum Gasteiger partial charge on any atom is 0.324 e. The molecule has 0 saturated carbocycles. The summed E-state index contributed by atoms with van der Waals surface area (Å²) < 4.78 is 2.64. The van der Waals surface area contributed by atoms with Crippen molar-refractivity contribution in [1.82, 2.24) is 20.0 Å². The van der Waals surface area contributed by atoms with Crippen molar-refractivity contribution in [2.75, 3.05) is 24.7 Å². The number of H-pyrrole nitrogens is 1. The number of carbonyl (C=O) groups is 1. The van der Waals surface area contributed by atoms with Crippen molar-refractivity contribution in [3.05, 3.63) is 12.4 Å². The van der Waals surface area contributed by atoms with Gasteiger partial charge in [0, 0.05) is 31.7 Å². The molecule has 84 valence electrons. The highest BCUT2D eigenvalue weighted by atomic mass is 32.2. The van der Waals surface area contributed by atoms with Crippen molar-refractivity contribution >= 4 is 23.9 Å². The average molecular weight is 229 g/mol. The Balaban J connectivity index is 1.91. The fourth-order valence-electron chi connectivity index (χ4n) is 0.881. The van der Waals surface area contributed by atoms with Crippen LogP contribution < -0.4 is 15.4 Å². The molecule has 0 aliphatic carbocycles. The number of amides is 2. The molecule has 2 amide bonds. The number of carbonyl (C=O) groups excluding carboxylic acids is 1. The monoisotopic (exact) mass is 229 g/mol. The highest BCUT2D eigenvalue weighted by Gasteiger charge is 1.95. The largest absolute Gasteiger partial charge is 0.356 e. The number of nitrogens with zero attached hydrogens (tertiary/aromatic N) is 1. The normalized spacial score (nSPS) is 9.67. The molecule has 0 fully saturated rings. The summed E-state index contributed by atoms with van der Waals surface area (Å²) in [5.41, 5.74) is 0. The van der Waals surface area contributed by atoms with Gasteiger partial charge in [0.2, 0.25) is 0 Å². The van der Waals surface area contributed by atoms with E-state index in [1.54, 1.807) is 19.4 Å². The quantitative estimate of drug-likeness (QED) is 0.429. The minimum atomic E-state index is -0.168. The van der Waals surface area contributed by atoms with Gasteiger partial charge in [-0.05, 0) is 18.4 Å². The maximum absolute atomic E-state index is 10.8. The van der Waals surface area contributed by atoms with Gasteiger partial charge >= 0.3 is 6.03 Å². The lowest BCUT2D eigenvalue weighted by atomic mass is 10.5. The Morgan fingerprint density at radius 1 is 1.67 bits per heavy atom. The van der Waals surface area contributed by atoms with Crippen molar-refractivity contribution in [2.24, 2.45) is 0 Å². The molecule has 0 aliphatic heterocycles. The van der Waals surface area contributed by atoms with Gasteiger partial charge in [0.1, 0.15) is 0 Å². The predicted molar refractivity (Wildman–Crippen MR) is 61.7 cm³/mol. The molecule has 0 spiro atoms. The molecule has 0 aromatic carbocycles. The fraction of sp³-hybridized carbons (Fsp3) is 0.500. The van der Waals surface area contributed by atoms with Crippen LogP contribution in [0.4, 0.5) is 10.7 Å². The van der Waals surface area contributed by atoms with E-state index in [-0.39, 0.29) is 6.03 Å². The van der Waals surface area contributed by atoms with Gasteiger partial charge in [-0.3, -0.25) is 4.72 Å². The van der Waals surface area contributed by atoms with Crippen LogP contribution in [-0.2, 0) is 0 Å². The number of anilines is 1. The molecule has 6 nitrogen and oxygen atoms in total. The average Bonchev–Trinajstić information content (AvgIpc) is 2.75. The van der Waals surface area contributed by atoms with E-state index in [0.29, 0.717) is 0 Å². The number of hydrogen-bond acceptors (Lipinski definition) is 4. The number of imidazole rings is 1. The second-order valence-electron chi connectivity index (χ2n) is 2.75. The highest BCUT2D eigenvalue weighted by Crippen LogP contribution is 1.99. The summed E-state index contributed by atoms with van der Waals surface area (Å²) in [6.07, 6.45) is 4.42. The van der Waals surface area contributed by atoms with Crippen molar-refractivity contribution in [1.29, 1.82) is 0 Å². The Kier molecular flexibility index (Phi) is 5.46. The molecule has 7 heteroatoms. The van der Waals surface area contributed by atoms with E-state index in [9.17, 15) is 4.79 Å². The van der Waals surface area contributed by atoms with Crippen molar-refractivity contribution in [3.8, 4) is 0 Å². The molecular weight excluding hydrogens is 214 g/mol. The van der Waals surface area contributed by atoms with Gasteiger partial charge in [-0.25, -0.2) is 9.78 Å². The van der Waals surface area contributed by atoms with Gasteiger partial charge in [-0.2, -0.15) is 0 Å². The Hall–Kier alpha value is -1.37. The number of rotatable bonds is 6. The molecule has 1 rings (SSSR count). The molecule has 0 bridgehead atoms. The molecule has 0 aliphatic rings. The van der Waals surface area contributed by atoms with Crippen molar-refractivity contribution in [3.63, 3.8) is 0 Å². The summed E-state index contributed by atoms with van der Waals surface area (Å²) in [4.78, 5) is 17.7. The van der Waals surface area contributed by atoms with Crippen LogP contribution in [0, 0.1) is 0 Å². The lowest BCUT2D eigenvalue weighted by Crippen LogP contribution is -2.27. The molecule has 1 heterocycles. The molecule has 0 saturated heterocycles. The zero-order chi connectivity index (χ0) is 10.9. The number of aromatic nitrogens is 2. The van der Waals surface area contributed by atoms with E-state index in [2.05, 4.69) is 25.3 Å². The first kappa shape index (κ1) is 11.7. The van der Waals surface area contributed by atoms with Crippen LogP contribution >= 0.6 is 11.9 Å². The van der Waals surface area contributed by atoms with E-state index in [4.69, 9.17) is 0 Å². The van der Waals surface area contributed by atoms with Gasteiger partial charge in [0.05, 0.1) is 0 Å². The topological polar surface area (TPSA) is 81.8 Å². The number of aromatic amines is 1. The first-order valence-electron chi connectivity index (χ1n) is 4.65. The van der Waals surface area contributed by atoms with Crippen LogP contribution in [0.5, 0.6) is 0 Å². The maximum atomic E-state index is 10.8. The lowest BCUT2D eigenvalue weighted by molar-refractivity contribution is 0.248. The molecule has 15 heavy (non-hydrogen) atoms. The van der Waals surface area contributed by atoms with Gasteiger partial charge < -0.3 is 15.6 Å². The van der Waals surface area contributed by atoms with E-state index in [1.807, 2.05) is 0 Å². The number of urea groups is 1. The second kappa shape index (κ2) is 6.99. The summed E-state index contributed by atoms with van der Waals surface area (Å²) in [6.45, 7) is 0.829. The fourth-order valence-corrected chi connectivity index (χ4v) is 1.50. The Bertz CT molecular complexity index is 277. The standard InChI is InChI=1S/C8H15N5OS/c1-9-8(14)13-15-6-2-3-10-7-11-4-5-12-7/h4-5H,2-3,6H2,1H3,(H2,9,13,14)(H2,10,11,12). The van der Waals surface area contributed by atoms with E-state index >= 15 is 0 Å². The number of nitrogens with one attached hydrogen (secondary N) is 4. The minimum absolute atomic E-state index is 0.168. The Morgan fingerprint density at radius 2 is 2.53 bits per heavy atom. The predicted octanol–water partition coefficient (Wildman–Crippen LogP) is 0.789. The minimum Gasteiger partial charge on any atom is -0.356 e.